The van der Waals surface area contributed by atoms with E-state index in [9.17, 15) is 14.4 Å². The number of ether oxygens (including phenoxy) is 3. The molecule has 444 valence electrons. The molecule has 0 saturated heterocycles. The van der Waals surface area contributed by atoms with E-state index >= 15 is 0 Å². The molecule has 79 heavy (non-hydrogen) atoms. The first kappa shape index (κ1) is 74.0. The average molecular weight is 1090 g/mol. The molecular formula is C73H116O6. The van der Waals surface area contributed by atoms with Crippen LogP contribution in [0.4, 0.5) is 0 Å². The first-order chi connectivity index (χ1) is 39.0. The second-order valence-corrected chi connectivity index (χ2v) is 20.5. The molecule has 0 heterocycles. The van der Waals surface area contributed by atoms with Crippen LogP contribution in [-0.2, 0) is 28.6 Å². The van der Waals surface area contributed by atoms with Crippen molar-refractivity contribution in [2.45, 2.75) is 271 Å². The smallest absolute Gasteiger partial charge is 0.306 e. The monoisotopic (exact) mass is 1090 g/mol. The highest BCUT2D eigenvalue weighted by atomic mass is 16.6. The van der Waals surface area contributed by atoms with E-state index < -0.39 is 6.10 Å². The molecule has 0 aromatic carbocycles. The van der Waals surface area contributed by atoms with Crippen molar-refractivity contribution < 1.29 is 28.6 Å². The lowest BCUT2D eigenvalue weighted by Crippen LogP contribution is -2.30. The maximum Gasteiger partial charge on any atom is 0.306 e. The van der Waals surface area contributed by atoms with Crippen LogP contribution in [0.3, 0.4) is 0 Å². The number of carbonyl (C=O) groups excluding carboxylic acids is 3. The summed E-state index contributed by atoms with van der Waals surface area (Å²) in [7, 11) is 0. The summed E-state index contributed by atoms with van der Waals surface area (Å²) in [5, 5.41) is 0. The van der Waals surface area contributed by atoms with Crippen LogP contribution in [0.5, 0.6) is 0 Å². The minimum Gasteiger partial charge on any atom is -0.462 e. The first-order valence-corrected chi connectivity index (χ1v) is 32.0. The Morgan fingerprint density at radius 3 is 0.848 bits per heavy atom. The van der Waals surface area contributed by atoms with E-state index in [1.807, 2.05) is 0 Å². The molecule has 0 saturated carbocycles. The van der Waals surface area contributed by atoms with E-state index in [2.05, 4.69) is 179 Å². The minimum absolute atomic E-state index is 0.125. The zero-order chi connectivity index (χ0) is 57.1. The Labute approximate surface area is 486 Å². The topological polar surface area (TPSA) is 78.9 Å². The highest BCUT2D eigenvalue weighted by Gasteiger charge is 2.19. The SMILES string of the molecule is CC/C=C\C/C=C\C/C=C\C/C=C\C/C=C\C/C=C\C/C=C\CCCC(=O)OCC(COC(=O)CCCC/C=C\C/C=C\C/C=C\C/C=C\CC)OC(=O)CCCCCCCCCCCCC/C=C\C/C=C\CCCCCCC. The van der Waals surface area contributed by atoms with Crippen LogP contribution >= 0.6 is 0 Å². The fourth-order valence-corrected chi connectivity index (χ4v) is 8.28. The van der Waals surface area contributed by atoms with Gasteiger partial charge in [0.25, 0.3) is 0 Å². The Morgan fingerprint density at radius 2 is 0.506 bits per heavy atom. The minimum atomic E-state index is -0.829. The summed E-state index contributed by atoms with van der Waals surface area (Å²) in [6, 6.07) is 0. The van der Waals surface area contributed by atoms with Crippen molar-refractivity contribution in [3.8, 4) is 0 Å². The molecule has 1 unspecified atom stereocenters. The molecule has 0 amide bonds. The molecule has 0 bridgehead atoms. The zero-order valence-corrected chi connectivity index (χ0v) is 50.8. The van der Waals surface area contributed by atoms with E-state index in [-0.39, 0.29) is 44.0 Å². The lowest BCUT2D eigenvalue weighted by Gasteiger charge is -2.18. The van der Waals surface area contributed by atoms with Gasteiger partial charge in [0.15, 0.2) is 6.10 Å². The number of rotatable bonds is 56. The molecule has 0 spiro atoms. The first-order valence-electron chi connectivity index (χ1n) is 32.0. The Balaban J connectivity index is 4.52. The largest absolute Gasteiger partial charge is 0.462 e. The summed E-state index contributed by atoms with van der Waals surface area (Å²) in [6.45, 7) is 6.32. The third-order valence-electron chi connectivity index (χ3n) is 13.0. The molecule has 0 aromatic rings. The molecule has 1 atom stereocenters. The second-order valence-electron chi connectivity index (χ2n) is 20.5. The van der Waals surface area contributed by atoms with Gasteiger partial charge in [-0.25, -0.2) is 0 Å². The van der Waals surface area contributed by atoms with E-state index in [1.54, 1.807) is 0 Å². The normalized spacial score (nSPS) is 13.2. The van der Waals surface area contributed by atoms with Crippen molar-refractivity contribution in [3.63, 3.8) is 0 Å². The number of hydrogen-bond donors (Lipinski definition) is 0. The third-order valence-corrected chi connectivity index (χ3v) is 13.0. The number of unbranched alkanes of at least 4 members (excludes halogenated alkanes) is 19. The van der Waals surface area contributed by atoms with Crippen LogP contribution in [0.15, 0.2) is 158 Å². The van der Waals surface area contributed by atoms with Crippen molar-refractivity contribution >= 4 is 17.9 Å². The summed E-state index contributed by atoms with van der Waals surface area (Å²) < 4.78 is 16.8. The van der Waals surface area contributed by atoms with Crippen LogP contribution in [0.25, 0.3) is 0 Å². The lowest BCUT2D eigenvalue weighted by molar-refractivity contribution is -0.167. The molecule has 0 N–H and O–H groups in total. The fourth-order valence-electron chi connectivity index (χ4n) is 8.28. The van der Waals surface area contributed by atoms with Gasteiger partial charge in [-0.05, 0) is 141 Å². The van der Waals surface area contributed by atoms with Crippen LogP contribution in [0.1, 0.15) is 265 Å². The van der Waals surface area contributed by atoms with E-state index in [0.717, 1.165) is 116 Å². The van der Waals surface area contributed by atoms with E-state index in [1.165, 1.54) is 96.3 Å². The molecule has 0 rings (SSSR count). The molecule has 0 aromatic heterocycles. The molecule has 6 heteroatoms. The predicted octanol–water partition coefficient (Wildman–Crippen LogP) is 22.1. The van der Waals surface area contributed by atoms with Crippen molar-refractivity contribution in [2.24, 2.45) is 0 Å². The molecule has 0 aliphatic rings. The highest BCUT2D eigenvalue weighted by Crippen LogP contribution is 2.15. The van der Waals surface area contributed by atoms with Crippen molar-refractivity contribution in [2.75, 3.05) is 13.2 Å². The van der Waals surface area contributed by atoms with Gasteiger partial charge in [-0.3, -0.25) is 14.4 Å². The maximum absolute atomic E-state index is 12.9. The molecule has 0 fully saturated rings. The third kappa shape index (κ3) is 63.7. The molecular weight excluding hydrogens is 973 g/mol. The quantitative estimate of drug-likeness (QED) is 0.0261. The lowest BCUT2D eigenvalue weighted by atomic mass is 10.0. The van der Waals surface area contributed by atoms with Crippen molar-refractivity contribution in [1.82, 2.24) is 0 Å². The zero-order valence-electron chi connectivity index (χ0n) is 50.8. The Bertz CT molecular complexity index is 1780. The van der Waals surface area contributed by atoms with Crippen LogP contribution < -0.4 is 0 Å². The molecule has 0 aliphatic carbocycles. The molecule has 0 radical (unpaired) electrons. The van der Waals surface area contributed by atoms with Gasteiger partial charge >= 0.3 is 17.9 Å². The van der Waals surface area contributed by atoms with Crippen LogP contribution in [0, 0.1) is 0 Å². The standard InChI is InChI=1S/C73H116O6/c1-4-7-10-13-16-19-22-25-28-30-32-34-36-38-40-42-45-48-51-54-57-60-63-66-72(75)78-69-70(68-77-71(74)65-62-59-56-53-50-47-44-27-24-21-18-15-12-9-6-3)79-73(76)67-64-61-58-55-52-49-46-43-41-39-37-35-33-31-29-26-23-20-17-14-11-8-5-2/h7,9-10,12,16,18-19,21,23,25-28,31-34,38,40,44-45,48,50,53-54,57,70H,4-6,8,11,13-15,17,20,22,24,29-30,35-37,39,41-43,46-47,49,51-52,55-56,58-69H2,1-3H3/b10-7-,12-9-,19-16-,21-18-,26-23-,28-25-,33-31-,34-32-,40-38-,44-27-,48-45-,53-50-,57-54-. The maximum atomic E-state index is 12.9. The number of allylic oxidation sites excluding steroid dienone is 26. The number of esters is 3. The van der Waals surface area contributed by atoms with Crippen LogP contribution in [-0.4, -0.2) is 37.2 Å². The van der Waals surface area contributed by atoms with Crippen LogP contribution in [0.2, 0.25) is 0 Å². The Hall–Kier alpha value is -4.97. The van der Waals surface area contributed by atoms with E-state index in [4.69, 9.17) is 14.2 Å². The Kier molecular flexibility index (Phi) is 61.4. The van der Waals surface area contributed by atoms with Gasteiger partial charge in [0.2, 0.25) is 0 Å². The second kappa shape index (κ2) is 65.5. The number of carbonyl (C=O) groups is 3. The Morgan fingerprint density at radius 1 is 0.266 bits per heavy atom. The average Bonchev–Trinajstić information content (AvgIpc) is 3.45. The van der Waals surface area contributed by atoms with Gasteiger partial charge in [0.05, 0.1) is 0 Å². The summed E-state index contributed by atoms with van der Waals surface area (Å²) in [6.07, 6.45) is 95.4. The summed E-state index contributed by atoms with van der Waals surface area (Å²) >= 11 is 0. The highest BCUT2D eigenvalue weighted by molar-refractivity contribution is 5.71. The summed E-state index contributed by atoms with van der Waals surface area (Å²) in [4.78, 5) is 38.3. The van der Waals surface area contributed by atoms with Crippen molar-refractivity contribution in [3.05, 3.63) is 158 Å². The van der Waals surface area contributed by atoms with Gasteiger partial charge in [-0.2, -0.15) is 0 Å². The summed E-state index contributed by atoms with van der Waals surface area (Å²) in [5.74, 6) is -1.03. The predicted molar refractivity (Wildman–Crippen MR) is 343 cm³/mol. The van der Waals surface area contributed by atoms with Gasteiger partial charge in [0, 0.05) is 19.3 Å². The van der Waals surface area contributed by atoms with Crippen molar-refractivity contribution in [1.29, 1.82) is 0 Å². The van der Waals surface area contributed by atoms with Gasteiger partial charge in [-0.1, -0.05) is 262 Å². The molecule has 0 aliphatic heterocycles. The number of hydrogen-bond acceptors (Lipinski definition) is 6. The fraction of sp³-hybridized carbons (Fsp3) is 0.603. The van der Waals surface area contributed by atoms with Gasteiger partial charge in [0.1, 0.15) is 13.2 Å². The van der Waals surface area contributed by atoms with E-state index in [0.29, 0.717) is 19.3 Å². The van der Waals surface area contributed by atoms with Gasteiger partial charge < -0.3 is 14.2 Å². The summed E-state index contributed by atoms with van der Waals surface area (Å²) in [5.41, 5.74) is 0. The molecule has 6 nitrogen and oxygen atoms in total. The van der Waals surface area contributed by atoms with Gasteiger partial charge in [-0.15, -0.1) is 0 Å².